The monoisotopic (exact) mass is 494 g/mol. The number of aromatic nitrogens is 3. The van der Waals surface area contributed by atoms with Gasteiger partial charge in [0.2, 0.25) is 6.33 Å². The summed E-state index contributed by atoms with van der Waals surface area (Å²) in [6.45, 7) is 3.25. The van der Waals surface area contributed by atoms with E-state index in [-0.39, 0.29) is 6.67 Å². The molecule has 1 heterocycles. The van der Waals surface area contributed by atoms with Crippen LogP contribution in [0.15, 0.2) is 12.7 Å². The second-order valence-electron chi connectivity index (χ2n) is 5.77. The number of nitrogens with zero attached hydrogens (tertiary/aromatic N) is 4. The van der Waals surface area contributed by atoms with Crippen LogP contribution in [0.1, 0.15) is 39.0 Å². The van der Waals surface area contributed by atoms with E-state index in [1.165, 1.54) is 25.7 Å². The standard InChI is InChI=1S/C11H21FN3.C2F6NO4S2/c1-2-3-4-5-6-8-15-11-14(9-7-12)10-13-15;3-1(4,5)14(10,11)9-15(12,13)2(6,7)8/h10-11H,2-9H2,1H3;/q+1;-1. The van der Waals surface area contributed by atoms with Gasteiger partial charge < -0.3 is 4.13 Å². The normalized spacial score (nSPS) is 13.1. The molecule has 0 radical (unpaired) electrons. The Kier molecular flexibility index (Phi) is 11.2. The van der Waals surface area contributed by atoms with E-state index >= 15 is 0 Å². The van der Waals surface area contributed by atoms with E-state index in [9.17, 15) is 47.6 Å². The largest absolute Gasteiger partial charge is 0.480 e. The number of sulfonamides is 2. The molecule has 0 aliphatic rings. The minimum Gasteiger partial charge on any atom is -0.421 e. The zero-order valence-corrected chi connectivity index (χ0v) is 17.3. The van der Waals surface area contributed by atoms with Gasteiger partial charge in [0.1, 0.15) is 13.2 Å². The molecule has 0 unspecified atom stereocenters. The lowest BCUT2D eigenvalue weighted by molar-refractivity contribution is -0.697. The van der Waals surface area contributed by atoms with Crippen molar-refractivity contribution in [3.8, 4) is 0 Å². The first-order valence-corrected chi connectivity index (χ1v) is 11.3. The highest BCUT2D eigenvalue weighted by Crippen LogP contribution is 2.36. The Balaban J connectivity index is 0.000000561. The second-order valence-corrected chi connectivity index (χ2v) is 9.19. The molecule has 0 fully saturated rings. The molecular weight excluding hydrogens is 473 g/mol. The molecule has 178 valence electrons. The van der Waals surface area contributed by atoms with Crippen LogP contribution >= 0.6 is 0 Å². The van der Waals surface area contributed by atoms with Crippen LogP contribution in [0, 0.1) is 0 Å². The van der Waals surface area contributed by atoms with Crippen LogP contribution in [-0.2, 0) is 33.1 Å². The lowest BCUT2D eigenvalue weighted by Gasteiger charge is -2.22. The molecular formula is C13H21F7N4O4S2. The molecule has 0 saturated carbocycles. The maximum absolute atomic E-state index is 12.0. The second kappa shape index (κ2) is 11.8. The average molecular weight is 494 g/mol. The summed E-state index contributed by atoms with van der Waals surface area (Å²) in [7, 11) is -13.4. The number of unbranched alkanes of at least 4 members (excludes halogenated alkanes) is 4. The molecule has 17 heteroatoms. The number of aryl methyl sites for hydroxylation is 2. The van der Waals surface area contributed by atoms with Gasteiger partial charge in [-0.25, -0.2) is 25.8 Å². The smallest absolute Gasteiger partial charge is 0.421 e. The summed E-state index contributed by atoms with van der Waals surface area (Å²) in [5, 5.41) is 4.17. The number of hydrogen-bond donors (Lipinski definition) is 0. The van der Waals surface area contributed by atoms with Crippen molar-refractivity contribution < 1.29 is 52.1 Å². The van der Waals surface area contributed by atoms with Gasteiger partial charge in [-0.05, 0) is 6.42 Å². The fourth-order valence-corrected chi connectivity index (χ4v) is 3.49. The van der Waals surface area contributed by atoms with Gasteiger partial charge in [-0.1, -0.05) is 32.6 Å². The Bertz CT molecular complexity index is 794. The summed E-state index contributed by atoms with van der Waals surface area (Å²) in [4.78, 5) is 0. The minimum atomic E-state index is -6.72. The van der Waals surface area contributed by atoms with Crippen molar-refractivity contribution in [3.05, 3.63) is 16.8 Å². The molecule has 30 heavy (non-hydrogen) atoms. The van der Waals surface area contributed by atoms with E-state index < -0.39 is 31.1 Å². The Labute approximate surface area is 169 Å². The quantitative estimate of drug-likeness (QED) is 0.282. The van der Waals surface area contributed by atoms with Crippen LogP contribution in [0.4, 0.5) is 30.7 Å². The average Bonchev–Trinajstić information content (AvgIpc) is 3.00. The van der Waals surface area contributed by atoms with Gasteiger partial charge >= 0.3 is 11.0 Å². The van der Waals surface area contributed by atoms with Crippen LogP contribution in [0.5, 0.6) is 0 Å². The summed E-state index contributed by atoms with van der Waals surface area (Å²) < 4.78 is 125. The Morgan fingerprint density at radius 2 is 1.43 bits per heavy atom. The third-order valence-corrected chi connectivity index (χ3v) is 5.98. The van der Waals surface area contributed by atoms with Gasteiger partial charge in [-0.3, -0.25) is 0 Å². The Hall–Kier alpha value is -1.49. The Morgan fingerprint density at radius 3 is 1.87 bits per heavy atom. The van der Waals surface area contributed by atoms with Crippen molar-refractivity contribution in [3.63, 3.8) is 0 Å². The van der Waals surface area contributed by atoms with Crippen molar-refractivity contribution in [1.29, 1.82) is 0 Å². The van der Waals surface area contributed by atoms with Crippen LogP contribution < -0.4 is 4.57 Å². The SMILES string of the molecule is CCCCCCCn1c[n+](CCF)cn1.O=S(=O)([N-]S(=O)(=O)C(F)(F)F)C(F)(F)F. The highest BCUT2D eigenvalue weighted by molar-refractivity contribution is 8.13. The first-order valence-electron chi connectivity index (χ1n) is 8.41. The highest BCUT2D eigenvalue weighted by Gasteiger charge is 2.46. The van der Waals surface area contributed by atoms with Crippen LogP contribution in [0.2, 0.25) is 0 Å². The van der Waals surface area contributed by atoms with Gasteiger partial charge in [-0.2, -0.15) is 26.3 Å². The summed E-state index contributed by atoms with van der Waals surface area (Å²) in [6, 6.07) is 0. The van der Waals surface area contributed by atoms with E-state index in [0.29, 0.717) is 6.54 Å². The molecule has 0 saturated heterocycles. The van der Waals surface area contributed by atoms with Crippen molar-refractivity contribution in [1.82, 2.24) is 9.78 Å². The van der Waals surface area contributed by atoms with E-state index in [1.54, 1.807) is 10.9 Å². The fraction of sp³-hybridized carbons (Fsp3) is 0.846. The third-order valence-electron chi connectivity index (χ3n) is 3.24. The zero-order valence-electron chi connectivity index (χ0n) is 15.7. The van der Waals surface area contributed by atoms with Gasteiger partial charge in [-0.15, -0.1) is 4.68 Å². The van der Waals surface area contributed by atoms with Crippen LogP contribution in [-0.4, -0.2) is 44.3 Å². The minimum absolute atomic E-state index is 0.327. The predicted octanol–water partition coefficient (Wildman–Crippen LogP) is 3.17. The fourth-order valence-electron chi connectivity index (χ4n) is 1.78. The maximum Gasteiger partial charge on any atom is 0.480 e. The maximum atomic E-state index is 12.0. The Morgan fingerprint density at radius 1 is 0.933 bits per heavy atom. The lowest BCUT2D eigenvalue weighted by atomic mass is 10.1. The first kappa shape index (κ1) is 28.5. The summed E-state index contributed by atoms with van der Waals surface area (Å²) in [6.07, 6.45) is 9.89. The first-order chi connectivity index (χ1) is 13.6. The number of halogens is 7. The van der Waals surface area contributed by atoms with Gasteiger partial charge in [0, 0.05) is 5.10 Å². The lowest BCUT2D eigenvalue weighted by Crippen LogP contribution is -2.32. The number of hydrogen-bond acceptors (Lipinski definition) is 5. The number of rotatable bonds is 10. The summed E-state index contributed by atoms with van der Waals surface area (Å²) in [5.41, 5.74) is -12.4. The summed E-state index contributed by atoms with van der Waals surface area (Å²) in [5.74, 6) is 0. The topological polar surface area (TPSA) is 104 Å². The van der Waals surface area contributed by atoms with Crippen molar-refractivity contribution in [2.75, 3.05) is 6.67 Å². The zero-order chi connectivity index (χ0) is 23.6. The van der Waals surface area contributed by atoms with Crippen LogP contribution in [0.3, 0.4) is 0 Å². The molecule has 0 bridgehead atoms. The molecule has 0 atom stereocenters. The molecule has 0 N–H and O–H groups in total. The van der Waals surface area contributed by atoms with Crippen molar-refractivity contribution >= 4 is 20.0 Å². The molecule has 0 spiro atoms. The van der Waals surface area contributed by atoms with Gasteiger partial charge in [0.25, 0.3) is 6.33 Å². The van der Waals surface area contributed by atoms with Gasteiger partial charge in [0.05, 0.1) is 6.54 Å². The molecule has 1 rings (SSSR count). The molecule has 0 aliphatic carbocycles. The van der Waals surface area contributed by atoms with Crippen molar-refractivity contribution in [2.24, 2.45) is 0 Å². The van der Waals surface area contributed by atoms with E-state index in [0.717, 1.165) is 17.1 Å². The molecule has 0 aliphatic heterocycles. The molecule has 0 aromatic carbocycles. The summed E-state index contributed by atoms with van der Waals surface area (Å²) >= 11 is 0. The van der Waals surface area contributed by atoms with E-state index in [4.69, 9.17) is 0 Å². The number of alkyl halides is 7. The highest BCUT2D eigenvalue weighted by atomic mass is 32.3. The van der Waals surface area contributed by atoms with Gasteiger partial charge in [0.15, 0.2) is 20.0 Å². The predicted molar refractivity (Wildman–Crippen MR) is 90.5 cm³/mol. The van der Waals surface area contributed by atoms with E-state index in [1.807, 2.05) is 11.0 Å². The molecule has 1 aromatic heterocycles. The molecule has 1 aromatic rings. The molecule has 0 amide bonds. The van der Waals surface area contributed by atoms with Crippen LogP contribution in [0.25, 0.3) is 4.13 Å². The van der Waals surface area contributed by atoms with Crippen molar-refractivity contribution in [2.45, 2.75) is 63.1 Å². The third kappa shape index (κ3) is 10.0. The van der Waals surface area contributed by atoms with E-state index in [2.05, 4.69) is 12.0 Å². The molecule has 8 nitrogen and oxygen atoms in total.